The summed E-state index contributed by atoms with van der Waals surface area (Å²) in [4.78, 5) is 19.4. The van der Waals surface area contributed by atoms with Gasteiger partial charge in [-0.3, -0.25) is 9.78 Å². The van der Waals surface area contributed by atoms with Crippen molar-refractivity contribution in [2.24, 2.45) is 0 Å². The Balaban J connectivity index is 1.51. The fraction of sp³-hybridized carbons (Fsp3) is 0.348. The monoisotopic (exact) mass is 420 g/mol. The molecule has 3 heterocycles. The third kappa shape index (κ3) is 4.47. The average Bonchev–Trinajstić information content (AvgIpc) is 3.27. The number of hydrogen-bond acceptors (Lipinski definition) is 7. The van der Waals surface area contributed by atoms with Gasteiger partial charge in [-0.2, -0.15) is 0 Å². The van der Waals surface area contributed by atoms with Gasteiger partial charge in [0.25, 0.3) is 5.91 Å². The molecule has 0 radical (unpaired) electrons. The number of amides is 1. The van der Waals surface area contributed by atoms with Crippen molar-refractivity contribution in [3.8, 4) is 0 Å². The number of aryl methyl sites for hydroxylation is 1. The Morgan fingerprint density at radius 3 is 2.87 bits per heavy atom. The molecule has 31 heavy (non-hydrogen) atoms. The van der Waals surface area contributed by atoms with Gasteiger partial charge in [0.2, 0.25) is 0 Å². The number of aromatic nitrogens is 1. The van der Waals surface area contributed by atoms with Gasteiger partial charge in [0, 0.05) is 49.9 Å². The summed E-state index contributed by atoms with van der Waals surface area (Å²) in [7, 11) is 1.79. The first kappa shape index (κ1) is 20.7. The Kier molecular flexibility index (Phi) is 6.06. The number of rotatable bonds is 5. The lowest BCUT2D eigenvalue weighted by atomic mass is 9.99. The van der Waals surface area contributed by atoms with Gasteiger partial charge in [0.05, 0.1) is 17.1 Å². The SMILES string of the molecule is CN/C=C1/C=C(NC(=O)C2=COC(c3ccncc3C)N2)C(N2CCCCC2)=CC1=N. The quantitative estimate of drug-likeness (QED) is 0.583. The first-order valence-electron chi connectivity index (χ1n) is 10.6. The van der Waals surface area contributed by atoms with E-state index in [4.69, 9.17) is 10.1 Å². The molecule has 1 amide bonds. The summed E-state index contributed by atoms with van der Waals surface area (Å²) in [5.41, 5.74) is 4.99. The van der Waals surface area contributed by atoms with Crippen LogP contribution in [0.5, 0.6) is 0 Å². The molecule has 2 aliphatic heterocycles. The van der Waals surface area contributed by atoms with Gasteiger partial charge in [-0.25, -0.2) is 0 Å². The Labute approximate surface area is 182 Å². The highest BCUT2D eigenvalue weighted by molar-refractivity contribution is 6.10. The Bertz CT molecular complexity index is 1000. The maximum Gasteiger partial charge on any atom is 0.275 e. The molecule has 0 aromatic carbocycles. The van der Waals surface area contributed by atoms with Crippen LogP contribution >= 0.6 is 0 Å². The number of nitrogens with one attached hydrogen (secondary N) is 4. The molecule has 4 rings (SSSR count). The molecule has 1 atom stereocenters. The Morgan fingerprint density at radius 2 is 2.13 bits per heavy atom. The van der Waals surface area contributed by atoms with E-state index >= 15 is 0 Å². The molecule has 0 bridgehead atoms. The zero-order valence-corrected chi connectivity index (χ0v) is 17.9. The van der Waals surface area contributed by atoms with E-state index in [1.54, 1.807) is 25.6 Å². The minimum atomic E-state index is -0.422. The lowest BCUT2D eigenvalue weighted by Gasteiger charge is -2.34. The lowest BCUT2D eigenvalue weighted by molar-refractivity contribution is -0.117. The van der Waals surface area contributed by atoms with Gasteiger partial charge >= 0.3 is 0 Å². The van der Waals surface area contributed by atoms with Crippen LogP contribution in [0.15, 0.2) is 65.7 Å². The number of pyridine rings is 1. The summed E-state index contributed by atoms with van der Waals surface area (Å²) in [6, 6.07) is 1.88. The van der Waals surface area contributed by atoms with Crippen molar-refractivity contribution in [2.75, 3.05) is 20.1 Å². The van der Waals surface area contributed by atoms with Crippen molar-refractivity contribution in [3.05, 3.63) is 76.9 Å². The largest absolute Gasteiger partial charge is 0.472 e. The van der Waals surface area contributed by atoms with Crippen LogP contribution in [0.25, 0.3) is 0 Å². The normalized spacial score (nSPS) is 22.2. The molecule has 0 spiro atoms. The number of likely N-dealkylation sites (tertiary alicyclic amines) is 1. The summed E-state index contributed by atoms with van der Waals surface area (Å²) in [6.07, 6.45) is 13.4. The fourth-order valence-corrected chi connectivity index (χ4v) is 3.96. The summed E-state index contributed by atoms with van der Waals surface area (Å²) in [6.45, 7) is 3.80. The Morgan fingerprint density at radius 1 is 1.32 bits per heavy atom. The van der Waals surface area contributed by atoms with Crippen LogP contribution in [0, 0.1) is 12.3 Å². The highest BCUT2D eigenvalue weighted by Gasteiger charge is 2.28. The van der Waals surface area contributed by atoms with Crippen LogP contribution < -0.4 is 16.0 Å². The van der Waals surface area contributed by atoms with E-state index in [-0.39, 0.29) is 5.91 Å². The molecule has 162 valence electrons. The van der Waals surface area contributed by atoms with Gasteiger partial charge in [-0.15, -0.1) is 0 Å². The molecule has 1 aromatic heterocycles. The number of hydrogen-bond donors (Lipinski definition) is 4. The first-order valence-corrected chi connectivity index (χ1v) is 10.6. The molecule has 1 saturated heterocycles. The molecular formula is C23H28N6O2. The maximum atomic E-state index is 13.0. The Hall–Kier alpha value is -3.55. The molecular weight excluding hydrogens is 392 g/mol. The minimum absolute atomic E-state index is 0.277. The van der Waals surface area contributed by atoms with Crippen LogP contribution in [0.4, 0.5) is 0 Å². The third-order valence-corrected chi connectivity index (χ3v) is 5.61. The molecule has 8 nitrogen and oxygen atoms in total. The summed E-state index contributed by atoms with van der Waals surface area (Å²) < 4.78 is 5.70. The van der Waals surface area contributed by atoms with Crippen molar-refractivity contribution in [1.29, 1.82) is 5.41 Å². The standard InChI is InChI=1S/C23H28N6O2/c1-15-12-26-7-6-17(15)23-28-20(14-31-23)22(30)27-19-10-16(13-25-2)18(24)11-21(19)29-8-4-3-5-9-29/h6-7,10-14,23-25,28H,3-5,8-9H2,1-2H3,(H,27,30)/b16-13-,24-18?. The molecule has 0 saturated carbocycles. The van der Waals surface area contributed by atoms with E-state index in [0.29, 0.717) is 22.7 Å². The molecule has 1 fully saturated rings. The van der Waals surface area contributed by atoms with Crippen molar-refractivity contribution in [1.82, 2.24) is 25.8 Å². The zero-order valence-electron chi connectivity index (χ0n) is 17.9. The number of carbonyl (C=O) groups excluding carboxylic acids is 1. The molecule has 1 aliphatic carbocycles. The maximum absolute atomic E-state index is 13.0. The number of allylic oxidation sites excluding steroid dienone is 3. The second-order valence-corrected chi connectivity index (χ2v) is 7.82. The second kappa shape index (κ2) is 9.07. The number of nitrogens with zero attached hydrogens (tertiary/aromatic N) is 2. The minimum Gasteiger partial charge on any atom is -0.472 e. The molecule has 1 aromatic rings. The summed E-state index contributed by atoms with van der Waals surface area (Å²) in [5.74, 6) is -0.277. The van der Waals surface area contributed by atoms with E-state index in [1.807, 2.05) is 25.1 Å². The van der Waals surface area contributed by atoms with Crippen LogP contribution in [0.3, 0.4) is 0 Å². The van der Waals surface area contributed by atoms with Crippen molar-refractivity contribution in [2.45, 2.75) is 32.4 Å². The van der Waals surface area contributed by atoms with Crippen LogP contribution in [-0.4, -0.2) is 41.6 Å². The summed E-state index contributed by atoms with van der Waals surface area (Å²) in [5, 5.41) is 17.5. The van der Waals surface area contributed by atoms with E-state index in [9.17, 15) is 4.79 Å². The van der Waals surface area contributed by atoms with Gasteiger partial charge < -0.3 is 31.0 Å². The van der Waals surface area contributed by atoms with Crippen LogP contribution in [0.1, 0.15) is 36.6 Å². The van der Waals surface area contributed by atoms with E-state index in [2.05, 4.69) is 25.8 Å². The zero-order chi connectivity index (χ0) is 21.8. The molecule has 4 N–H and O–H groups in total. The van der Waals surface area contributed by atoms with E-state index in [0.717, 1.165) is 42.8 Å². The number of ether oxygens (including phenoxy) is 1. The van der Waals surface area contributed by atoms with Gasteiger partial charge in [-0.05, 0) is 50.0 Å². The molecule has 1 unspecified atom stereocenters. The van der Waals surface area contributed by atoms with E-state index in [1.165, 1.54) is 12.7 Å². The second-order valence-electron chi connectivity index (χ2n) is 7.82. The van der Waals surface area contributed by atoms with Crippen molar-refractivity contribution >= 4 is 11.6 Å². The predicted octanol–water partition coefficient (Wildman–Crippen LogP) is 2.36. The van der Waals surface area contributed by atoms with Gasteiger partial charge in [-0.1, -0.05) is 0 Å². The molecule has 3 aliphatic rings. The summed E-state index contributed by atoms with van der Waals surface area (Å²) >= 11 is 0. The highest BCUT2D eigenvalue weighted by Crippen LogP contribution is 2.27. The van der Waals surface area contributed by atoms with Gasteiger partial charge in [0.15, 0.2) is 6.23 Å². The van der Waals surface area contributed by atoms with E-state index < -0.39 is 6.23 Å². The van der Waals surface area contributed by atoms with Crippen molar-refractivity contribution < 1.29 is 9.53 Å². The third-order valence-electron chi connectivity index (χ3n) is 5.61. The first-order chi connectivity index (χ1) is 15.1. The highest BCUT2D eigenvalue weighted by atomic mass is 16.5. The van der Waals surface area contributed by atoms with Gasteiger partial charge in [0.1, 0.15) is 12.0 Å². The smallest absolute Gasteiger partial charge is 0.275 e. The molecule has 8 heteroatoms. The topological polar surface area (TPSA) is 102 Å². The fourth-order valence-electron chi connectivity index (χ4n) is 3.96. The lowest BCUT2D eigenvalue weighted by Crippen LogP contribution is -2.38. The average molecular weight is 421 g/mol. The predicted molar refractivity (Wildman–Crippen MR) is 119 cm³/mol. The van der Waals surface area contributed by atoms with Crippen molar-refractivity contribution in [3.63, 3.8) is 0 Å². The van der Waals surface area contributed by atoms with Crippen LogP contribution in [-0.2, 0) is 9.53 Å². The number of piperidine rings is 1. The van der Waals surface area contributed by atoms with Crippen LogP contribution in [0.2, 0.25) is 0 Å². The number of carbonyl (C=O) groups is 1.